The van der Waals surface area contributed by atoms with Crippen molar-refractivity contribution in [3.8, 4) is 0 Å². The van der Waals surface area contributed by atoms with Crippen LogP contribution < -0.4 is 10.6 Å². The number of urea groups is 1. The van der Waals surface area contributed by atoms with E-state index in [4.69, 9.17) is 4.74 Å². The second-order valence-corrected chi connectivity index (χ2v) is 4.73. The molecule has 5 heteroatoms. The maximum Gasteiger partial charge on any atom is 0.325 e. The molecular formula is C12H22N2O3. The Morgan fingerprint density at radius 3 is 2.47 bits per heavy atom. The number of hydrogen-bond acceptors (Lipinski definition) is 3. The maximum atomic E-state index is 11.6. The maximum absolute atomic E-state index is 11.6. The molecule has 0 bridgehead atoms. The van der Waals surface area contributed by atoms with Gasteiger partial charge in [0.1, 0.15) is 6.54 Å². The number of carbonyl (C=O) groups excluding carboxylic acids is 2. The predicted molar refractivity (Wildman–Crippen MR) is 64.7 cm³/mol. The Labute approximate surface area is 102 Å². The highest BCUT2D eigenvalue weighted by Crippen LogP contribution is 2.27. The smallest absolute Gasteiger partial charge is 0.325 e. The fourth-order valence-electron chi connectivity index (χ4n) is 2.14. The molecule has 1 rings (SSSR count). The van der Waals surface area contributed by atoms with E-state index in [1.165, 1.54) is 6.42 Å². The Kier molecular flexibility index (Phi) is 5.25. The van der Waals surface area contributed by atoms with E-state index in [1.807, 2.05) is 0 Å². The minimum absolute atomic E-state index is 0.0737. The van der Waals surface area contributed by atoms with Gasteiger partial charge in [0.15, 0.2) is 0 Å². The second-order valence-electron chi connectivity index (χ2n) is 4.73. The number of nitrogens with one attached hydrogen (secondary N) is 2. The summed E-state index contributed by atoms with van der Waals surface area (Å²) in [6.07, 6.45) is 5.53. The predicted octanol–water partition coefficient (Wildman–Crippen LogP) is 1.57. The van der Waals surface area contributed by atoms with E-state index in [0.717, 1.165) is 25.7 Å². The molecule has 1 saturated carbocycles. The molecule has 5 nitrogen and oxygen atoms in total. The van der Waals surface area contributed by atoms with Gasteiger partial charge in [0.25, 0.3) is 0 Å². The Hall–Kier alpha value is -1.26. The summed E-state index contributed by atoms with van der Waals surface area (Å²) in [5.41, 5.74) is -0.128. The standard InChI is InChI=1S/C12H22N2O3/c1-3-17-10(15)9-13-11(16)14-12(2)7-5-4-6-8-12/h3-9H2,1-2H3,(H2,13,14,16). The van der Waals surface area contributed by atoms with E-state index in [9.17, 15) is 9.59 Å². The van der Waals surface area contributed by atoms with Crippen molar-refractivity contribution in [2.75, 3.05) is 13.2 Å². The minimum Gasteiger partial charge on any atom is -0.465 e. The van der Waals surface area contributed by atoms with Gasteiger partial charge >= 0.3 is 12.0 Å². The van der Waals surface area contributed by atoms with Gasteiger partial charge in [0, 0.05) is 5.54 Å². The van der Waals surface area contributed by atoms with Crippen molar-refractivity contribution in [1.82, 2.24) is 10.6 Å². The number of ether oxygens (including phenoxy) is 1. The summed E-state index contributed by atoms with van der Waals surface area (Å²) >= 11 is 0. The van der Waals surface area contributed by atoms with Gasteiger partial charge in [-0.3, -0.25) is 4.79 Å². The van der Waals surface area contributed by atoms with E-state index in [0.29, 0.717) is 6.61 Å². The average Bonchev–Trinajstić information content (AvgIpc) is 2.27. The quantitative estimate of drug-likeness (QED) is 0.735. The van der Waals surface area contributed by atoms with Crippen LogP contribution in [0, 0.1) is 0 Å². The SMILES string of the molecule is CCOC(=O)CNC(=O)NC1(C)CCCCC1. The lowest BCUT2D eigenvalue weighted by atomic mass is 9.83. The molecule has 0 spiro atoms. The third-order valence-electron chi connectivity index (χ3n) is 3.07. The van der Waals surface area contributed by atoms with Crippen molar-refractivity contribution in [3.63, 3.8) is 0 Å². The molecule has 0 unspecified atom stereocenters. The van der Waals surface area contributed by atoms with Crippen LogP contribution in [0.4, 0.5) is 4.79 Å². The number of rotatable bonds is 4. The van der Waals surface area contributed by atoms with Crippen LogP contribution in [0.3, 0.4) is 0 Å². The van der Waals surface area contributed by atoms with E-state index < -0.39 is 5.97 Å². The van der Waals surface area contributed by atoms with Crippen LogP contribution in [0.2, 0.25) is 0 Å². The highest BCUT2D eigenvalue weighted by molar-refractivity contribution is 5.81. The van der Waals surface area contributed by atoms with Crippen LogP contribution in [-0.2, 0) is 9.53 Å². The van der Waals surface area contributed by atoms with Crippen molar-refractivity contribution in [2.45, 2.75) is 51.5 Å². The molecule has 0 saturated heterocycles. The lowest BCUT2D eigenvalue weighted by molar-refractivity contribution is -0.141. The molecule has 1 fully saturated rings. The van der Waals surface area contributed by atoms with E-state index >= 15 is 0 Å². The van der Waals surface area contributed by atoms with Gasteiger partial charge in [-0.05, 0) is 26.7 Å². The summed E-state index contributed by atoms with van der Waals surface area (Å²) in [5, 5.41) is 5.45. The number of esters is 1. The number of hydrogen-bond donors (Lipinski definition) is 2. The zero-order valence-corrected chi connectivity index (χ0v) is 10.7. The Morgan fingerprint density at radius 1 is 1.24 bits per heavy atom. The highest BCUT2D eigenvalue weighted by Gasteiger charge is 2.28. The second kappa shape index (κ2) is 6.47. The summed E-state index contributed by atoms with van der Waals surface area (Å²) in [5.74, 6) is -0.406. The first-order valence-electron chi connectivity index (χ1n) is 6.27. The Balaban J connectivity index is 2.26. The van der Waals surface area contributed by atoms with Gasteiger partial charge in [-0.2, -0.15) is 0 Å². The van der Waals surface area contributed by atoms with Crippen molar-refractivity contribution >= 4 is 12.0 Å². The summed E-state index contributed by atoms with van der Waals surface area (Å²) in [6, 6.07) is -0.289. The van der Waals surface area contributed by atoms with Crippen LogP contribution in [-0.4, -0.2) is 30.7 Å². The van der Waals surface area contributed by atoms with E-state index in [1.54, 1.807) is 6.92 Å². The van der Waals surface area contributed by atoms with Crippen LogP contribution in [0.25, 0.3) is 0 Å². The van der Waals surface area contributed by atoms with E-state index in [2.05, 4.69) is 17.6 Å². The zero-order chi connectivity index (χ0) is 12.7. The molecule has 0 radical (unpaired) electrons. The van der Waals surface area contributed by atoms with Crippen molar-refractivity contribution in [3.05, 3.63) is 0 Å². The normalized spacial score (nSPS) is 18.2. The third kappa shape index (κ3) is 5.06. The summed E-state index contributed by atoms with van der Waals surface area (Å²) < 4.78 is 4.73. The molecule has 2 amide bonds. The molecule has 17 heavy (non-hydrogen) atoms. The van der Waals surface area contributed by atoms with Crippen LogP contribution >= 0.6 is 0 Å². The van der Waals surface area contributed by atoms with Gasteiger partial charge in [0.2, 0.25) is 0 Å². The molecule has 0 aromatic heterocycles. The van der Waals surface area contributed by atoms with Gasteiger partial charge in [-0.15, -0.1) is 0 Å². The molecule has 0 aromatic rings. The summed E-state index contributed by atoms with van der Waals surface area (Å²) in [6.45, 7) is 4.05. The van der Waals surface area contributed by atoms with Gasteiger partial charge < -0.3 is 15.4 Å². The monoisotopic (exact) mass is 242 g/mol. The van der Waals surface area contributed by atoms with Gasteiger partial charge in [-0.1, -0.05) is 19.3 Å². The molecule has 1 aliphatic rings. The highest BCUT2D eigenvalue weighted by atomic mass is 16.5. The molecule has 0 heterocycles. The minimum atomic E-state index is -0.406. The first-order valence-corrected chi connectivity index (χ1v) is 6.27. The lowest BCUT2D eigenvalue weighted by Gasteiger charge is -2.34. The largest absolute Gasteiger partial charge is 0.465 e. The molecule has 1 aliphatic carbocycles. The fourth-order valence-corrected chi connectivity index (χ4v) is 2.14. The zero-order valence-electron chi connectivity index (χ0n) is 10.7. The lowest BCUT2D eigenvalue weighted by Crippen LogP contribution is -2.52. The first-order chi connectivity index (χ1) is 8.06. The average molecular weight is 242 g/mol. The molecular weight excluding hydrogens is 220 g/mol. The Bertz CT molecular complexity index is 273. The van der Waals surface area contributed by atoms with Crippen LogP contribution in [0.15, 0.2) is 0 Å². The van der Waals surface area contributed by atoms with E-state index in [-0.39, 0.29) is 18.1 Å². The Morgan fingerprint density at radius 2 is 1.88 bits per heavy atom. The van der Waals surface area contributed by atoms with Crippen LogP contribution in [0.1, 0.15) is 46.0 Å². The topological polar surface area (TPSA) is 67.4 Å². The van der Waals surface area contributed by atoms with Gasteiger partial charge in [0.05, 0.1) is 6.61 Å². The van der Waals surface area contributed by atoms with Crippen molar-refractivity contribution in [2.24, 2.45) is 0 Å². The fraction of sp³-hybridized carbons (Fsp3) is 0.833. The van der Waals surface area contributed by atoms with Crippen LogP contribution in [0.5, 0.6) is 0 Å². The molecule has 0 aromatic carbocycles. The molecule has 0 atom stereocenters. The summed E-state index contributed by atoms with van der Waals surface area (Å²) in [4.78, 5) is 22.7. The number of carbonyl (C=O) groups is 2. The van der Waals surface area contributed by atoms with Crippen molar-refractivity contribution in [1.29, 1.82) is 0 Å². The first kappa shape index (κ1) is 13.8. The molecule has 0 aliphatic heterocycles. The third-order valence-corrected chi connectivity index (χ3v) is 3.07. The molecule has 2 N–H and O–H groups in total. The number of amides is 2. The summed E-state index contributed by atoms with van der Waals surface area (Å²) in [7, 11) is 0. The van der Waals surface area contributed by atoms with Crippen molar-refractivity contribution < 1.29 is 14.3 Å². The molecule has 98 valence electrons. The van der Waals surface area contributed by atoms with Gasteiger partial charge in [-0.25, -0.2) is 4.79 Å².